The molecule has 2 aliphatic rings. The van der Waals surface area contributed by atoms with Crippen LogP contribution in [0.4, 0.5) is 5.69 Å². The van der Waals surface area contributed by atoms with Gasteiger partial charge in [-0.25, -0.2) is 0 Å². The van der Waals surface area contributed by atoms with Crippen molar-refractivity contribution >= 4 is 23.3 Å². The van der Waals surface area contributed by atoms with Crippen molar-refractivity contribution in [3.63, 3.8) is 0 Å². The second-order valence-corrected chi connectivity index (χ2v) is 6.81. The molecule has 0 radical (unpaired) electrons. The van der Waals surface area contributed by atoms with Crippen LogP contribution in [0.3, 0.4) is 0 Å². The van der Waals surface area contributed by atoms with Gasteiger partial charge in [-0.05, 0) is 29.8 Å². The Morgan fingerprint density at radius 1 is 0.846 bits per heavy atom. The fraction of sp³-hybridized carbons (Fsp3) is 0.286. The summed E-state index contributed by atoms with van der Waals surface area (Å²) in [5.74, 6) is -1.07. The van der Waals surface area contributed by atoms with Gasteiger partial charge in [0.1, 0.15) is 11.5 Å². The van der Waals surface area contributed by atoms with E-state index in [0.29, 0.717) is 11.4 Å². The minimum atomic E-state index is -0.573. The number of para-hydroxylation sites is 1. The highest BCUT2D eigenvalue weighted by atomic mass is 16.5. The number of fused-ring (bicyclic) bond motifs is 1. The number of carbonyl (C=O) groups is 3. The molecule has 1 saturated carbocycles. The van der Waals surface area contributed by atoms with Crippen LogP contribution in [0, 0.1) is 11.8 Å². The summed E-state index contributed by atoms with van der Waals surface area (Å²) in [6.45, 7) is 0. The number of amides is 2. The molecule has 1 heterocycles. The number of ketones is 1. The van der Waals surface area contributed by atoms with Crippen LogP contribution in [-0.2, 0) is 14.4 Å². The molecule has 5 nitrogen and oxygen atoms in total. The molecule has 1 aliphatic heterocycles. The van der Waals surface area contributed by atoms with Gasteiger partial charge >= 0.3 is 0 Å². The Morgan fingerprint density at radius 3 is 2.15 bits per heavy atom. The standard InChI is InChI=1S/C21H19NO4/c1-26-16-9-7-13(8-10-16)17-11-15(23)12-18-19(17)21(25)22(20(18)24)14-5-3-2-4-6-14/h2-10,17-19H,11-12H2,1H3/t17?,18-,19+/m0/s1. The number of hydrogen-bond donors (Lipinski definition) is 0. The number of Topliss-reactive ketones (excluding diaryl/α,β-unsaturated/α-hetero) is 1. The van der Waals surface area contributed by atoms with Crippen LogP contribution < -0.4 is 9.64 Å². The number of ether oxygens (including phenoxy) is 1. The summed E-state index contributed by atoms with van der Waals surface area (Å²) in [5.41, 5.74) is 1.46. The number of benzene rings is 2. The zero-order valence-corrected chi connectivity index (χ0v) is 14.4. The topological polar surface area (TPSA) is 63.7 Å². The normalized spacial score (nSPS) is 25.3. The van der Waals surface area contributed by atoms with Gasteiger partial charge < -0.3 is 4.74 Å². The lowest BCUT2D eigenvalue weighted by atomic mass is 9.70. The van der Waals surface area contributed by atoms with Gasteiger partial charge in [-0.15, -0.1) is 0 Å². The smallest absolute Gasteiger partial charge is 0.238 e. The van der Waals surface area contributed by atoms with Crippen LogP contribution in [0.25, 0.3) is 0 Å². The van der Waals surface area contributed by atoms with Gasteiger partial charge in [0.25, 0.3) is 0 Å². The molecule has 132 valence electrons. The Bertz CT molecular complexity index is 859. The molecule has 0 aromatic heterocycles. The van der Waals surface area contributed by atoms with Gasteiger partial charge in [0, 0.05) is 18.8 Å². The molecule has 2 aromatic rings. The van der Waals surface area contributed by atoms with E-state index in [1.165, 1.54) is 4.90 Å². The first-order chi connectivity index (χ1) is 12.6. The lowest BCUT2D eigenvalue weighted by Gasteiger charge is -2.30. The minimum Gasteiger partial charge on any atom is -0.497 e. The molecule has 26 heavy (non-hydrogen) atoms. The van der Waals surface area contributed by atoms with Crippen molar-refractivity contribution in [3.8, 4) is 5.75 Å². The average Bonchev–Trinajstić information content (AvgIpc) is 2.92. The predicted octanol–water partition coefficient (Wildman–Crippen LogP) is 2.95. The average molecular weight is 349 g/mol. The molecule has 1 saturated heterocycles. The molecule has 0 spiro atoms. The highest BCUT2D eigenvalue weighted by molar-refractivity contribution is 6.23. The third-order valence-corrected chi connectivity index (χ3v) is 5.36. The van der Waals surface area contributed by atoms with E-state index in [1.54, 1.807) is 31.4 Å². The quantitative estimate of drug-likeness (QED) is 0.799. The molecule has 1 unspecified atom stereocenters. The largest absolute Gasteiger partial charge is 0.497 e. The molecule has 4 rings (SSSR count). The van der Waals surface area contributed by atoms with Crippen LogP contribution in [-0.4, -0.2) is 24.7 Å². The van der Waals surface area contributed by atoms with E-state index in [2.05, 4.69) is 0 Å². The van der Waals surface area contributed by atoms with Crippen molar-refractivity contribution in [2.24, 2.45) is 11.8 Å². The summed E-state index contributed by atoms with van der Waals surface area (Å²) in [6, 6.07) is 16.3. The molecule has 2 amide bonds. The predicted molar refractivity (Wildman–Crippen MR) is 95.9 cm³/mol. The van der Waals surface area contributed by atoms with Crippen molar-refractivity contribution in [2.75, 3.05) is 12.0 Å². The number of nitrogens with zero attached hydrogens (tertiary/aromatic N) is 1. The molecule has 5 heteroatoms. The van der Waals surface area contributed by atoms with Crippen LogP contribution in [0.1, 0.15) is 24.3 Å². The van der Waals surface area contributed by atoms with E-state index in [4.69, 9.17) is 4.74 Å². The van der Waals surface area contributed by atoms with Crippen molar-refractivity contribution in [2.45, 2.75) is 18.8 Å². The van der Waals surface area contributed by atoms with Crippen LogP contribution >= 0.6 is 0 Å². The van der Waals surface area contributed by atoms with Crippen molar-refractivity contribution in [1.82, 2.24) is 0 Å². The van der Waals surface area contributed by atoms with Crippen LogP contribution in [0.15, 0.2) is 54.6 Å². The molecule has 2 aromatic carbocycles. The Labute approximate surface area is 151 Å². The lowest BCUT2D eigenvalue weighted by molar-refractivity contribution is -0.130. The number of carbonyl (C=O) groups excluding carboxylic acids is 3. The van der Waals surface area contributed by atoms with E-state index in [1.807, 2.05) is 30.3 Å². The van der Waals surface area contributed by atoms with E-state index in [-0.39, 0.29) is 36.4 Å². The zero-order chi connectivity index (χ0) is 18.3. The Hall–Kier alpha value is -2.95. The third-order valence-electron chi connectivity index (χ3n) is 5.36. The van der Waals surface area contributed by atoms with Gasteiger partial charge in [-0.1, -0.05) is 30.3 Å². The van der Waals surface area contributed by atoms with Gasteiger partial charge in [0.15, 0.2) is 0 Å². The second kappa shape index (κ2) is 6.41. The summed E-state index contributed by atoms with van der Waals surface area (Å²) in [6.07, 6.45) is 0.431. The monoisotopic (exact) mass is 349 g/mol. The third kappa shape index (κ3) is 2.60. The zero-order valence-electron chi connectivity index (χ0n) is 14.4. The summed E-state index contributed by atoms with van der Waals surface area (Å²) in [4.78, 5) is 39.6. The Balaban J connectivity index is 1.72. The van der Waals surface area contributed by atoms with Crippen molar-refractivity contribution in [3.05, 3.63) is 60.2 Å². The van der Waals surface area contributed by atoms with E-state index < -0.39 is 11.8 Å². The molecular weight excluding hydrogens is 330 g/mol. The fourth-order valence-corrected chi connectivity index (χ4v) is 4.12. The molecule has 2 fully saturated rings. The summed E-state index contributed by atoms with van der Waals surface area (Å²) in [5, 5.41) is 0. The van der Waals surface area contributed by atoms with E-state index in [9.17, 15) is 14.4 Å². The first-order valence-electron chi connectivity index (χ1n) is 8.68. The molecular formula is C21H19NO4. The maximum atomic E-state index is 13.1. The number of rotatable bonds is 3. The van der Waals surface area contributed by atoms with Gasteiger partial charge in [-0.3, -0.25) is 19.3 Å². The number of hydrogen-bond acceptors (Lipinski definition) is 4. The number of imide groups is 1. The Kier molecular flexibility index (Phi) is 4.07. The highest BCUT2D eigenvalue weighted by Gasteiger charge is 2.54. The lowest BCUT2D eigenvalue weighted by Crippen LogP contribution is -2.34. The first kappa shape index (κ1) is 16.5. The van der Waals surface area contributed by atoms with Crippen molar-refractivity contribution < 1.29 is 19.1 Å². The first-order valence-corrected chi connectivity index (χ1v) is 8.68. The molecule has 3 atom stereocenters. The fourth-order valence-electron chi connectivity index (χ4n) is 4.12. The summed E-state index contributed by atoms with van der Waals surface area (Å²) in [7, 11) is 1.59. The summed E-state index contributed by atoms with van der Waals surface area (Å²) >= 11 is 0. The van der Waals surface area contributed by atoms with Gasteiger partial charge in [-0.2, -0.15) is 0 Å². The van der Waals surface area contributed by atoms with Crippen molar-refractivity contribution in [1.29, 1.82) is 0 Å². The number of methoxy groups -OCH3 is 1. The number of anilines is 1. The minimum absolute atomic E-state index is 0.0307. The van der Waals surface area contributed by atoms with Crippen LogP contribution in [0.2, 0.25) is 0 Å². The Morgan fingerprint density at radius 2 is 1.50 bits per heavy atom. The maximum Gasteiger partial charge on any atom is 0.238 e. The van der Waals surface area contributed by atoms with E-state index >= 15 is 0 Å². The van der Waals surface area contributed by atoms with E-state index in [0.717, 1.165) is 5.56 Å². The molecule has 0 N–H and O–H groups in total. The second-order valence-electron chi connectivity index (χ2n) is 6.81. The van der Waals surface area contributed by atoms with Gasteiger partial charge in [0.2, 0.25) is 11.8 Å². The van der Waals surface area contributed by atoms with Gasteiger partial charge in [0.05, 0.1) is 24.6 Å². The summed E-state index contributed by atoms with van der Waals surface area (Å²) < 4.78 is 5.18. The SMILES string of the molecule is COc1ccc(C2CC(=O)C[C@@H]3C(=O)N(c4ccccc4)C(=O)[C@H]23)cc1. The molecule has 1 aliphatic carbocycles. The van der Waals surface area contributed by atoms with Crippen LogP contribution in [0.5, 0.6) is 5.75 Å². The maximum absolute atomic E-state index is 13.1. The molecule has 0 bridgehead atoms. The highest BCUT2D eigenvalue weighted by Crippen LogP contribution is 2.46.